The Morgan fingerprint density at radius 3 is 2.48 bits per heavy atom. The topological polar surface area (TPSA) is 45.2 Å². The highest BCUT2D eigenvalue weighted by molar-refractivity contribution is 5.68. The fourth-order valence-electron chi connectivity index (χ4n) is 5.28. The van der Waals surface area contributed by atoms with Crippen LogP contribution in [0.15, 0.2) is 0 Å². The van der Waals surface area contributed by atoms with Crippen molar-refractivity contribution in [3.05, 3.63) is 0 Å². The summed E-state index contributed by atoms with van der Waals surface area (Å²) in [4.78, 5) is 17.7. The van der Waals surface area contributed by atoms with Crippen LogP contribution in [0.4, 0.5) is 18.0 Å². The largest absolute Gasteiger partial charge is 0.450 e. The average molecular weight is 422 g/mol. The molecule has 2 saturated heterocycles. The number of amides is 1. The number of carbonyl (C=O) groups is 1. The molecule has 2 aliphatic heterocycles. The molecule has 0 aromatic heterocycles. The molecule has 0 aromatic rings. The third-order valence-electron chi connectivity index (χ3n) is 6.80. The molecule has 0 bridgehead atoms. The van der Waals surface area contributed by atoms with Gasteiger partial charge in [-0.15, -0.1) is 0 Å². The molecule has 1 spiro atoms. The van der Waals surface area contributed by atoms with Crippen molar-refractivity contribution in [3.8, 4) is 0 Å². The lowest BCUT2D eigenvalue weighted by atomic mass is 9.64. The van der Waals surface area contributed by atoms with Crippen molar-refractivity contribution in [2.75, 3.05) is 59.6 Å². The second kappa shape index (κ2) is 9.39. The minimum absolute atomic E-state index is 0.0390. The normalized spacial score (nSPS) is 28.9. The van der Waals surface area contributed by atoms with E-state index < -0.39 is 12.7 Å². The molecule has 0 unspecified atom stereocenters. The summed E-state index contributed by atoms with van der Waals surface area (Å²) in [5, 5.41) is 0. The predicted octanol–water partition coefficient (Wildman–Crippen LogP) is 2.97. The van der Waals surface area contributed by atoms with E-state index in [1.807, 2.05) is 11.8 Å². The molecule has 3 rings (SSSR count). The van der Waals surface area contributed by atoms with Gasteiger partial charge in [-0.2, -0.15) is 13.2 Å². The van der Waals surface area contributed by atoms with Gasteiger partial charge in [0, 0.05) is 38.8 Å². The number of hydrogen-bond donors (Lipinski definition) is 0. The highest BCUT2D eigenvalue weighted by Gasteiger charge is 2.51. The zero-order valence-electron chi connectivity index (χ0n) is 17.5. The van der Waals surface area contributed by atoms with Crippen molar-refractivity contribution >= 4 is 6.09 Å². The van der Waals surface area contributed by atoms with Gasteiger partial charge in [-0.1, -0.05) is 0 Å². The summed E-state index contributed by atoms with van der Waals surface area (Å²) in [6, 6.07) is 0.455. The minimum atomic E-state index is -4.18. The van der Waals surface area contributed by atoms with E-state index in [-0.39, 0.29) is 17.6 Å². The number of halogens is 3. The maximum absolute atomic E-state index is 12.9. The molecule has 1 aliphatic carbocycles. The standard InChI is InChI=1S/C20H34F3N3O3/c1-3-29-18(27)26-9-6-19(14-26)12-17(13-19)24-7-4-16(5-8-24)25(10-11-28-2)15-20(21,22)23/h16-17H,3-15H2,1-2H3. The number of carbonyl (C=O) groups excluding carboxylic acids is 1. The number of rotatable bonds is 7. The van der Waals surface area contributed by atoms with Crippen molar-refractivity contribution in [3.63, 3.8) is 0 Å². The van der Waals surface area contributed by atoms with E-state index in [0.29, 0.717) is 25.8 Å². The summed E-state index contributed by atoms with van der Waals surface area (Å²) in [5.74, 6) is 0. The summed E-state index contributed by atoms with van der Waals surface area (Å²) in [7, 11) is 1.52. The van der Waals surface area contributed by atoms with E-state index in [2.05, 4.69) is 4.90 Å². The van der Waals surface area contributed by atoms with Gasteiger partial charge in [0.2, 0.25) is 0 Å². The van der Waals surface area contributed by atoms with E-state index in [1.54, 1.807) is 0 Å². The van der Waals surface area contributed by atoms with Crippen molar-refractivity contribution < 1.29 is 27.4 Å². The smallest absolute Gasteiger partial charge is 0.409 e. The Hall–Kier alpha value is -1.06. The van der Waals surface area contributed by atoms with Gasteiger partial charge in [-0.3, -0.25) is 4.90 Å². The molecule has 0 aromatic carbocycles. The number of methoxy groups -OCH3 is 1. The maximum atomic E-state index is 12.9. The Labute approximate surface area is 171 Å². The second-order valence-corrected chi connectivity index (χ2v) is 8.78. The van der Waals surface area contributed by atoms with Gasteiger partial charge in [-0.25, -0.2) is 4.79 Å². The van der Waals surface area contributed by atoms with Gasteiger partial charge in [-0.05, 0) is 57.5 Å². The average Bonchev–Trinajstić information content (AvgIpc) is 3.09. The molecular formula is C20H34F3N3O3. The Morgan fingerprint density at radius 2 is 1.90 bits per heavy atom. The zero-order valence-corrected chi connectivity index (χ0v) is 17.5. The second-order valence-electron chi connectivity index (χ2n) is 8.78. The van der Waals surface area contributed by atoms with Crippen LogP contribution >= 0.6 is 0 Å². The summed E-state index contributed by atoms with van der Waals surface area (Å²) in [6.45, 7) is 5.21. The number of alkyl halides is 3. The van der Waals surface area contributed by atoms with Crippen LogP contribution in [0.2, 0.25) is 0 Å². The van der Waals surface area contributed by atoms with E-state index in [4.69, 9.17) is 9.47 Å². The lowest BCUT2D eigenvalue weighted by Crippen LogP contribution is -2.56. The Balaban J connectivity index is 1.44. The van der Waals surface area contributed by atoms with Crippen LogP contribution in [0.1, 0.15) is 39.0 Å². The highest BCUT2D eigenvalue weighted by atomic mass is 19.4. The maximum Gasteiger partial charge on any atom is 0.409 e. The quantitative estimate of drug-likeness (QED) is 0.633. The van der Waals surface area contributed by atoms with Crippen LogP contribution < -0.4 is 0 Å². The SMILES string of the molecule is CCOC(=O)N1CCC2(CC(N3CCC(N(CCOC)CC(F)(F)F)CC3)C2)C1. The third-order valence-corrected chi connectivity index (χ3v) is 6.80. The molecule has 0 radical (unpaired) electrons. The van der Waals surface area contributed by atoms with Crippen molar-refractivity contribution in [2.45, 2.75) is 57.3 Å². The molecule has 3 fully saturated rings. The van der Waals surface area contributed by atoms with Crippen LogP contribution in [-0.4, -0.2) is 98.6 Å². The van der Waals surface area contributed by atoms with Gasteiger partial charge >= 0.3 is 12.3 Å². The summed E-state index contributed by atoms with van der Waals surface area (Å²) in [6.07, 6.45) is 0.298. The molecule has 0 N–H and O–H groups in total. The van der Waals surface area contributed by atoms with E-state index in [9.17, 15) is 18.0 Å². The highest BCUT2D eigenvalue weighted by Crippen LogP contribution is 2.50. The van der Waals surface area contributed by atoms with Crippen LogP contribution in [-0.2, 0) is 9.47 Å². The first-order valence-corrected chi connectivity index (χ1v) is 10.7. The number of piperidine rings is 1. The molecule has 168 valence electrons. The van der Waals surface area contributed by atoms with Gasteiger partial charge in [0.25, 0.3) is 0 Å². The molecule has 1 saturated carbocycles. The van der Waals surface area contributed by atoms with Crippen molar-refractivity contribution in [1.29, 1.82) is 0 Å². The van der Waals surface area contributed by atoms with Gasteiger partial charge in [0.15, 0.2) is 0 Å². The summed E-state index contributed by atoms with van der Waals surface area (Å²) >= 11 is 0. The number of nitrogens with zero attached hydrogens (tertiary/aromatic N) is 3. The van der Waals surface area contributed by atoms with Crippen molar-refractivity contribution in [1.82, 2.24) is 14.7 Å². The molecule has 6 nitrogen and oxygen atoms in total. The molecule has 0 atom stereocenters. The monoisotopic (exact) mass is 421 g/mol. The molecule has 3 aliphatic rings. The van der Waals surface area contributed by atoms with E-state index in [1.165, 1.54) is 12.0 Å². The Bertz CT molecular complexity index is 547. The predicted molar refractivity (Wildman–Crippen MR) is 103 cm³/mol. The zero-order chi connectivity index (χ0) is 21.1. The third kappa shape index (κ3) is 5.76. The van der Waals surface area contributed by atoms with E-state index >= 15 is 0 Å². The molecule has 2 heterocycles. The first-order chi connectivity index (χ1) is 13.8. The van der Waals surface area contributed by atoms with Gasteiger partial charge in [0.05, 0.1) is 19.8 Å². The minimum Gasteiger partial charge on any atom is -0.450 e. The van der Waals surface area contributed by atoms with Crippen LogP contribution in [0.25, 0.3) is 0 Å². The lowest BCUT2D eigenvalue weighted by Gasteiger charge is -2.52. The van der Waals surface area contributed by atoms with E-state index in [0.717, 1.165) is 58.3 Å². The molecule has 29 heavy (non-hydrogen) atoms. The number of likely N-dealkylation sites (tertiary alicyclic amines) is 2. The lowest BCUT2D eigenvalue weighted by molar-refractivity contribution is -0.155. The van der Waals surface area contributed by atoms with Crippen LogP contribution in [0.5, 0.6) is 0 Å². The first-order valence-electron chi connectivity index (χ1n) is 10.7. The fraction of sp³-hybridized carbons (Fsp3) is 0.950. The summed E-state index contributed by atoms with van der Waals surface area (Å²) in [5.41, 5.74) is 0.217. The number of hydrogen-bond acceptors (Lipinski definition) is 5. The Morgan fingerprint density at radius 1 is 1.21 bits per heavy atom. The van der Waals surface area contributed by atoms with Crippen molar-refractivity contribution in [2.24, 2.45) is 5.41 Å². The van der Waals surface area contributed by atoms with Crippen LogP contribution in [0, 0.1) is 5.41 Å². The first kappa shape index (κ1) is 22.6. The molecule has 9 heteroatoms. The molecule has 1 amide bonds. The van der Waals surface area contributed by atoms with Crippen LogP contribution in [0.3, 0.4) is 0 Å². The van der Waals surface area contributed by atoms with Gasteiger partial charge < -0.3 is 19.3 Å². The molecular weight excluding hydrogens is 387 g/mol. The number of ether oxygens (including phenoxy) is 2. The Kier molecular flexibility index (Phi) is 7.32. The van der Waals surface area contributed by atoms with Gasteiger partial charge in [0.1, 0.15) is 0 Å². The fourth-order valence-corrected chi connectivity index (χ4v) is 5.28. The summed E-state index contributed by atoms with van der Waals surface area (Å²) < 4.78 is 48.9.